The van der Waals surface area contributed by atoms with E-state index in [0.29, 0.717) is 170 Å². The number of nitrogens with one attached hydrogen (secondary N) is 3. The predicted octanol–water partition coefficient (Wildman–Crippen LogP) is 6.50. The highest BCUT2D eigenvalue weighted by molar-refractivity contribution is 6.39. The van der Waals surface area contributed by atoms with Crippen LogP contribution in [0.1, 0.15) is 158 Å². The number of nitrogen functional groups attached to an aromatic ring is 1. The summed E-state index contributed by atoms with van der Waals surface area (Å²) in [6.07, 6.45) is 18.3. The monoisotopic (exact) mass is 1900 g/mol. The molecule has 1 saturated carbocycles. The molecule has 1 aliphatic carbocycles. The van der Waals surface area contributed by atoms with E-state index in [-0.39, 0.29) is 99.9 Å². The number of piperidine rings is 1. The Morgan fingerprint density at radius 3 is 2.21 bits per heavy atom. The highest BCUT2D eigenvalue weighted by atomic mass is 16.6. The smallest absolute Gasteiger partial charge is 0.407 e. The molecule has 0 spiro atoms. The molecule has 3 saturated heterocycles. The number of nitrogens with two attached hydrogens (primary N) is 2. The predicted molar refractivity (Wildman–Crippen MR) is 504 cm³/mol. The van der Waals surface area contributed by atoms with Gasteiger partial charge in [0.1, 0.15) is 59.7 Å². The van der Waals surface area contributed by atoms with Crippen molar-refractivity contribution in [1.29, 1.82) is 0 Å². The minimum atomic E-state index is -2.53. The van der Waals surface area contributed by atoms with Crippen LogP contribution in [0.5, 0.6) is 0 Å². The van der Waals surface area contributed by atoms with Crippen LogP contribution in [0.3, 0.4) is 0 Å². The van der Waals surface area contributed by atoms with Gasteiger partial charge in [-0.1, -0.05) is 82.4 Å². The number of cyclic esters (lactones) is 1. The normalized spacial score (nSPS) is 26.4. The number of amides is 4. The van der Waals surface area contributed by atoms with Crippen LogP contribution in [0.4, 0.5) is 22.5 Å². The van der Waals surface area contributed by atoms with E-state index >= 15 is 0 Å². The largest absolute Gasteiger partial charge is 0.459 e. The first-order valence-electron chi connectivity index (χ1n) is 47.6. The van der Waals surface area contributed by atoms with Gasteiger partial charge in [-0.3, -0.25) is 28.8 Å². The van der Waals surface area contributed by atoms with E-state index in [1.165, 1.54) is 44.4 Å². The van der Waals surface area contributed by atoms with E-state index in [9.17, 15) is 58.8 Å². The average Bonchev–Trinajstić information content (AvgIpc) is 1.62. The van der Waals surface area contributed by atoms with Gasteiger partial charge < -0.3 is 110 Å². The lowest BCUT2D eigenvalue weighted by Crippen LogP contribution is -2.61. The summed E-state index contributed by atoms with van der Waals surface area (Å²) in [6.45, 7) is 15.5. The first kappa shape index (κ1) is 103. The van der Waals surface area contributed by atoms with Crippen LogP contribution in [0.25, 0.3) is 33.3 Å². The summed E-state index contributed by atoms with van der Waals surface area (Å²) in [5, 5.41) is 57.5. The van der Waals surface area contributed by atoms with E-state index in [1.54, 1.807) is 46.5 Å². The molecule has 11 heterocycles. The van der Waals surface area contributed by atoms with Gasteiger partial charge in [-0.05, 0) is 136 Å². The molecule has 4 fully saturated rings. The number of hydrogen-bond donors (Lipinski definition) is 9. The SMILES string of the molecule is CO[C@H]1C[C@@H]2CC[C@@H](C)[C@@](O)(O2)C(=O)C(=O)N2CCCC[C@H]2C(=O)O[C@H]([C@H](N)C[C@@H]2CC[C@@H](OC(=O)NCc3cnc(N4CCN(c5ncc(C(=O)NCCOCCOCCOCCOCCC(=O)N6CCc7cc(Cn8nc(-c9cnc%10[nH]ccc%10c9)c9c(N)ncnc98)ccc7C6)cn5)CC4CO)nc3)[C@H](OC)C2)CC(=O)[C@H](C)/C=C(\C)[C@@H](O)[C@@H](O)C(=O)[C@H](C)C[C@H](C)/C=C/C=CC=C1C. The van der Waals surface area contributed by atoms with Gasteiger partial charge in [-0.2, -0.15) is 5.10 Å². The number of H-pyrrole nitrogens is 1. The van der Waals surface area contributed by atoms with Crippen molar-refractivity contribution in [2.75, 3.05) is 128 Å². The van der Waals surface area contributed by atoms with Gasteiger partial charge in [-0.15, -0.1) is 0 Å². The van der Waals surface area contributed by atoms with Gasteiger partial charge in [0.25, 0.3) is 17.6 Å². The molecule has 0 radical (unpaired) electrons. The van der Waals surface area contributed by atoms with E-state index in [4.69, 9.17) is 59.2 Å². The van der Waals surface area contributed by atoms with Gasteiger partial charge >= 0.3 is 12.1 Å². The van der Waals surface area contributed by atoms with Gasteiger partial charge in [0, 0.05) is 157 Å². The number of ketones is 3. The highest BCUT2D eigenvalue weighted by Gasteiger charge is 2.53. The zero-order valence-corrected chi connectivity index (χ0v) is 79.4. The van der Waals surface area contributed by atoms with Crippen LogP contribution in [0.2, 0.25) is 0 Å². The molecule has 137 heavy (non-hydrogen) atoms. The number of rotatable bonds is 30. The van der Waals surface area contributed by atoms with Crippen molar-refractivity contribution in [2.24, 2.45) is 35.3 Å². The number of hydrogen-bond acceptors (Lipinski definition) is 33. The van der Waals surface area contributed by atoms with Gasteiger partial charge in [0.2, 0.25) is 23.6 Å². The molecule has 6 aromatic heterocycles. The van der Waals surface area contributed by atoms with E-state index < -0.39 is 126 Å². The number of Topliss-reactive ketones (excluding diaryl/α,β-unsaturated/α-hetero) is 3. The number of methoxy groups -OCH3 is 2. The molecule has 1 unspecified atom stereocenters. The summed E-state index contributed by atoms with van der Waals surface area (Å²) in [7, 11) is 3.04. The van der Waals surface area contributed by atoms with E-state index in [1.807, 2.05) is 81.9 Å². The van der Waals surface area contributed by atoms with Crippen molar-refractivity contribution >= 4 is 86.9 Å². The molecule has 39 heteroatoms. The van der Waals surface area contributed by atoms with Crippen LogP contribution in [-0.4, -0.2) is 307 Å². The summed E-state index contributed by atoms with van der Waals surface area (Å²) in [4.78, 5) is 153. The Bertz CT molecular complexity index is 5400. The Labute approximate surface area is 796 Å². The molecule has 16 atom stereocenters. The number of piperazine rings is 1. The lowest BCUT2D eigenvalue weighted by Gasteiger charge is -2.42. The fraction of sp³-hybridized carbons (Fsp3) is 0.571. The van der Waals surface area contributed by atoms with Crippen LogP contribution in [0.15, 0.2) is 121 Å². The standard InChI is InChI=1S/C98H132N18O21/c1-59-14-10-9-11-15-60(2)79(129-7)46-74-21-17-64(6)98(128,137-74)88(123)93(125)115-28-13-12-16-76(115)94(126)135-80(47-77(118)61(3)41-63(5)86(121)87(122)85(120)62(4)40-59)75(99)43-65-19-22-78(81(44-65)130-8)136-97(127)108-50-67-48-104-96(105-49-67)114-31-30-113(56-73(114)57-117)95-106-52-72(53-107-95)92(124)102-27-33-132-35-37-134-39-38-133-36-34-131-32-25-82(119)112-29-24-68-42-66(18-20-70(68)55-112)54-116-91-83(89(100)109-58-110-91)84(111-116)71-45-69-23-26-101-90(69)103-51-71/h9-11,14-15,18,20,23,26,41-42,45,48-49,51-53,58-59,61-62,64-65,73-76,78-81,86-87,117,121-122,128H,12-13,16-17,19,21-22,24-25,27-40,43-44,46-47,50,54-57,99H2,1-8H3,(H,101,103)(H,102,124)(H,108,127)(H2,100,109,110)/b11-9?,14-10+,60-15?,63-41+/t59-,61-,62-,64-,65+,73?,74+,75-,76+,78-,79+,80+,81-,86-,87+,98-/m1/s1. The third-order valence-electron chi connectivity index (χ3n) is 26.8. The Morgan fingerprint density at radius 2 is 1.47 bits per heavy atom. The second-order valence-electron chi connectivity index (χ2n) is 36.7. The highest BCUT2D eigenvalue weighted by Crippen LogP contribution is 2.39. The van der Waals surface area contributed by atoms with Crippen molar-refractivity contribution in [1.82, 2.24) is 70.1 Å². The second-order valence-corrected chi connectivity index (χ2v) is 36.7. The summed E-state index contributed by atoms with van der Waals surface area (Å²) >= 11 is 0. The third kappa shape index (κ3) is 27.0. The first-order chi connectivity index (χ1) is 66.1. The van der Waals surface area contributed by atoms with Crippen LogP contribution < -0.4 is 31.9 Å². The molecule has 7 aromatic rings. The number of aliphatic hydroxyl groups excluding tert-OH is 3. The fourth-order valence-electron chi connectivity index (χ4n) is 18.7. The average molecular weight is 1900 g/mol. The second kappa shape index (κ2) is 49.3. The van der Waals surface area contributed by atoms with Crippen molar-refractivity contribution in [2.45, 2.75) is 218 Å². The number of esters is 1. The number of alkyl carbamates (subject to hydrolysis) is 1. The molecule has 1 aromatic carbocycles. The molecular formula is C98H132N18O21. The first-order valence-corrected chi connectivity index (χ1v) is 47.6. The maximum Gasteiger partial charge on any atom is 0.407 e. The number of pyridine rings is 1. The lowest BCUT2D eigenvalue weighted by atomic mass is 9.80. The molecule has 5 aliphatic heterocycles. The number of carbonyl (C=O) groups is 8. The maximum absolute atomic E-state index is 14.7. The minimum Gasteiger partial charge on any atom is -0.459 e. The van der Waals surface area contributed by atoms with Crippen molar-refractivity contribution < 1.29 is 101 Å². The number of aromatic amines is 1. The molecule has 11 N–H and O–H groups in total. The number of aliphatic hydroxyl groups is 4. The zero-order chi connectivity index (χ0) is 97.4. The number of ether oxygens (including phenoxy) is 9. The molecule has 6 aliphatic rings. The number of aromatic nitrogens is 10. The Hall–Kier alpha value is -11.3. The number of nitrogens with zero attached hydrogens (tertiary/aromatic N) is 13. The number of carbonyl (C=O) groups excluding carboxylic acids is 8. The number of fused-ring (bicyclic) bond motifs is 6. The number of anilines is 3. The molecule has 13 rings (SSSR count). The van der Waals surface area contributed by atoms with Crippen LogP contribution >= 0.6 is 0 Å². The summed E-state index contributed by atoms with van der Waals surface area (Å²) in [5.74, 6) is -8.77. The third-order valence-corrected chi connectivity index (χ3v) is 26.8. The lowest BCUT2D eigenvalue weighted by molar-refractivity contribution is -0.265. The molecule has 39 nitrogen and oxygen atoms in total. The fourth-order valence-corrected chi connectivity index (χ4v) is 18.7. The quantitative estimate of drug-likeness (QED) is 0.0100. The maximum atomic E-state index is 14.7. The summed E-state index contributed by atoms with van der Waals surface area (Å²) < 4.78 is 54.7. The molecular weight excluding hydrogens is 1770 g/mol. The number of benzene rings is 1. The minimum absolute atomic E-state index is 0.00943. The van der Waals surface area contributed by atoms with Crippen molar-refractivity contribution in [3.05, 3.63) is 149 Å². The van der Waals surface area contributed by atoms with Gasteiger partial charge in [0.15, 0.2) is 11.4 Å². The summed E-state index contributed by atoms with van der Waals surface area (Å²) in [5.41, 5.74) is 21.5. The van der Waals surface area contributed by atoms with Crippen LogP contribution in [-0.2, 0) is 97.5 Å². The molecule has 4 amide bonds. The zero-order valence-electron chi connectivity index (χ0n) is 79.4. The van der Waals surface area contributed by atoms with Gasteiger partial charge in [-0.25, -0.2) is 49.2 Å². The van der Waals surface area contributed by atoms with E-state index in [2.05, 4.69) is 68.7 Å². The Morgan fingerprint density at radius 1 is 0.723 bits per heavy atom. The van der Waals surface area contributed by atoms with E-state index in [0.717, 1.165) is 44.6 Å². The van der Waals surface area contributed by atoms with Crippen molar-refractivity contribution in [3.8, 4) is 11.3 Å². The Kier molecular flexibility index (Phi) is 37.1. The number of allylic oxidation sites excluding steroid dienone is 6. The van der Waals surface area contributed by atoms with Crippen molar-refractivity contribution in [3.63, 3.8) is 0 Å². The van der Waals surface area contributed by atoms with Crippen LogP contribution in [0, 0.1) is 29.6 Å². The molecule has 740 valence electrons. The van der Waals surface area contributed by atoms with Gasteiger partial charge in [0.05, 0.1) is 108 Å². The molecule has 2 bridgehead atoms. The Balaban J connectivity index is 0.500. The topological polar surface area (TPSA) is 513 Å². The summed E-state index contributed by atoms with van der Waals surface area (Å²) in [6, 6.07) is 7.54.